The van der Waals surface area contributed by atoms with Gasteiger partial charge in [-0.25, -0.2) is 4.39 Å². The Kier molecular flexibility index (Phi) is 3.84. The number of aldehydes is 1. The minimum absolute atomic E-state index is 0.293. The zero-order valence-corrected chi connectivity index (χ0v) is 11.7. The Balaban J connectivity index is 1.74. The van der Waals surface area contributed by atoms with E-state index >= 15 is 0 Å². The highest BCUT2D eigenvalue weighted by molar-refractivity contribution is 5.65. The number of benzene rings is 2. The Hall–Kier alpha value is -2.00. The van der Waals surface area contributed by atoms with E-state index in [1.165, 1.54) is 12.1 Å². The summed E-state index contributed by atoms with van der Waals surface area (Å²) < 4.78 is 19.1. The van der Waals surface area contributed by atoms with E-state index in [9.17, 15) is 9.18 Å². The quantitative estimate of drug-likeness (QED) is 0.753. The molecule has 0 amide bonds. The van der Waals surface area contributed by atoms with Crippen LogP contribution in [0.5, 0.6) is 0 Å². The Morgan fingerprint density at radius 3 is 2.33 bits per heavy atom. The van der Waals surface area contributed by atoms with Gasteiger partial charge in [0, 0.05) is 0 Å². The van der Waals surface area contributed by atoms with Crippen LogP contribution in [0.4, 0.5) is 4.39 Å². The van der Waals surface area contributed by atoms with Crippen molar-refractivity contribution in [1.82, 2.24) is 0 Å². The van der Waals surface area contributed by atoms with Gasteiger partial charge in [-0.15, -0.1) is 0 Å². The largest absolute Gasteiger partial charge is 0.369 e. The van der Waals surface area contributed by atoms with Gasteiger partial charge in [0.25, 0.3) is 0 Å². The summed E-state index contributed by atoms with van der Waals surface area (Å²) in [5, 5.41) is 0. The second kappa shape index (κ2) is 5.78. The van der Waals surface area contributed by atoms with E-state index in [-0.39, 0.29) is 11.7 Å². The predicted octanol–water partition coefficient (Wildman–Crippen LogP) is 3.86. The summed E-state index contributed by atoms with van der Waals surface area (Å²) in [6, 6.07) is 16.0. The molecule has 1 aliphatic rings. The van der Waals surface area contributed by atoms with E-state index in [0.717, 1.165) is 30.3 Å². The van der Waals surface area contributed by atoms with Crippen molar-refractivity contribution in [3.8, 4) is 0 Å². The molecular weight excluding hydrogens is 267 g/mol. The fraction of sp³-hybridized carbons (Fsp3) is 0.278. The van der Waals surface area contributed by atoms with Crippen LogP contribution in [0.15, 0.2) is 54.6 Å². The molecule has 3 heteroatoms. The van der Waals surface area contributed by atoms with Crippen LogP contribution in [-0.2, 0) is 16.1 Å². The summed E-state index contributed by atoms with van der Waals surface area (Å²) in [6.45, 7) is 0.492. The highest BCUT2D eigenvalue weighted by Crippen LogP contribution is 2.50. The van der Waals surface area contributed by atoms with E-state index in [1.807, 2.05) is 30.3 Å². The monoisotopic (exact) mass is 284 g/mol. The van der Waals surface area contributed by atoms with Gasteiger partial charge in [-0.3, -0.25) is 0 Å². The standard InChI is InChI=1S/C18H17FO2/c19-16-8-6-15(7-9-16)17(12-20)18(10-11-18)21-13-14-4-2-1-3-5-14/h1-9,12,17H,10-11,13H2/t17-/m0/s1. The van der Waals surface area contributed by atoms with Gasteiger partial charge in [-0.1, -0.05) is 42.5 Å². The number of halogens is 1. The van der Waals surface area contributed by atoms with Crippen molar-refractivity contribution in [3.63, 3.8) is 0 Å². The SMILES string of the molecule is O=C[C@@H](c1ccc(F)cc1)C1(OCc2ccccc2)CC1. The second-order valence-corrected chi connectivity index (χ2v) is 5.50. The Bertz CT molecular complexity index is 603. The maximum Gasteiger partial charge on any atom is 0.130 e. The Morgan fingerprint density at radius 1 is 1.10 bits per heavy atom. The first-order valence-corrected chi connectivity index (χ1v) is 7.12. The molecule has 0 aliphatic heterocycles. The van der Waals surface area contributed by atoms with E-state index < -0.39 is 5.60 Å². The first-order valence-electron chi connectivity index (χ1n) is 7.12. The molecule has 0 heterocycles. The van der Waals surface area contributed by atoms with Crippen LogP contribution in [0.25, 0.3) is 0 Å². The second-order valence-electron chi connectivity index (χ2n) is 5.50. The molecule has 21 heavy (non-hydrogen) atoms. The average molecular weight is 284 g/mol. The third-order valence-electron chi connectivity index (χ3n) is 4.04. The summed E-state index contributed by atoms with van der Waals surface area (Å²) in [5.74, 6) is -0.625. The predicted molar refractivity (Wildman–Crippen MR) is 78.4 cm³/mol. The molecule has 3 rings (SSSR count). The highest BCUT2D eigenvalue weighted by Gasteiger charge is 2.51. The first-order chi connectivity index (χ1) is 10.2. The van der Waals surface area contributed by atoms with Crippen LogP contribution in [-0.4, -0.2) is 11.9 Å². The lowest BCUT2D eigenvalue weighted by molar-refractivity contribution is -0.114. The van der Waals surface area contributed by atoms with Crippen LogP contribution < -0.4 is 0 Å². The summed E-state index contributed by atoms with van der Waals surface area (Å²) in [5.41, 5.74) is 1.49. The van der Waals surface area contributed by atoms with Crippen LogP contribution >= 0.6 is 0 Å². The number of hydrogen-bond acceptors (Lipinski definition) is 2. The molecule has 2 nitrogen and oxygen atoms in total. The van der Waals surface area contributed by atoms with Gasteiger partial charge in [-0.2, -0.15) is 0 Å². The van der Waals surface area contributed by atoms with Crippen molar-refractivity contribution >= 4 is 6.29 Å². The van der Waals surface area contributed by atoms with Crippen molar-refractivity contribution < 1.29 is 13.9 Å². The molecule has 0 saturated heterocycles. The fourth-order valence-electron chi connectivity index (χ4n) is 2.65. The van der Waals surface area contributed by atoms with Crippen molar-refractivity contribution in [1.29, 1.82) is 0 Å². The van der Waals surface area contributed by atoms with Crippen molar-refractivity contribution in [2.75, 3.05) is 0 Å². The lowest BCUT2D eigenvalue weighted by atomic mass is 9.92. The molecule has 108 valence electrons. The van der Waals surface area contributed by atoms with Gasteiger partial charge < -0.3 is 9.53 Å². The molecule has 0 bridgehead atoms. The molecule has 0 spiro atoms. The van der Waals surface area contributed by atoms with Gasteiger partial charge in [0.2, 0.25) is 0 Å². The fourth-order valence-corrected chi connectivity index (χ4v) is 2.65. The summed E-state index contributed by atoms with van der Waals surface area (Å²) in [6.07, 6.45) is 2.65. The summed E-state index contributed by atoms with van der Waals surface area (Å²) in [7, 11) is 0. The van der Waals surface area contributed by atoms with Gasteiger partial charge >= 0.3 is 0 Å². The van der Waals surface area contributed by atoms with E-state index in [0.29, 0.717) is 6.61 Å². The minimum atomic E-state index is -0.421. The molecule has 1 fully saturated rings. The molecular formula is C18H17FO2. The summed E-state index contributed by atoms with van der Waals surface area (Å²) in [4.78, 5) is 11.5. The molecule has 1 aliphatic carbocycles. The molecule has 0 radical (unpaired) electrons. The number of rotatable bonds is 6. The smallest absolute Gasteiger partial charge is 0.130 e. The number of carbonyl (C=O) groups is 1. The molecule has 0 aromatic heterocycles. The zero-order chi connectivity index (χ0) is 14.7. The normalized spacial score (nSPS) is 17.2. The zero-order valence-electron chi connectivity index (χ0n) is 11.7. The van der Waals surface area contributed by atoms with Gasteiger partial charge in [-0.05, 0) is 36.1 Å². The average Bonchev–Trinajstić information content (AvgIpc) is 3.30. The lowest BCUT2D eigenvalue weighted by Gasteiger charge is -2.23. The number of ether oxygens (including phenoxy) is 1. The third kappa shape index (κ3) is 3.03. The van der Waals surface area contributed by atoms with E-state index in [1.54, 1.807) is 12.1 Å². The topological polar surface area (TPSA) is 26.3 Å². The van der Waals surface area contributed by atoms with Crippen molar-refractivity contribution in [2.45, 2.75) is 31.0 Å². The molecule has 0 unspecified atom stereocenters. The van der Waals surface area contributed by atoms with Gasteiger partial charge in [0.1, 0.15) is 12.1 Å². The number of carbonyl (C=O) groups excluding carboxylic acids is 1. The van der Waals surface area contributed by atoms with Gasteiger partial charge in [0.15, 0.2) is 0 Å². The van der Waals surface area contributed by atoms with Crippen LogP contribution in [0.2, 0.25) is 0 Å². The number of hydrogen-bond donors (Lipinski definition) is 0. The summed E-state index contributed by atoms with van der Waals surface area (Å²) >= 11 is 0. The van der Waals surface area contributed by atoms with E-state index in [4.69, 9.17) is 4.74 Å². The molecule has 1 atom stereocenters. The molecule has 2 aromatic carbocycles. The minimum Gasteiger partial charge on any atom is -0.369 e. The lowest BCUT2D eigenvalue weighted by Crippen LogP contribution is -2.25. The van der Waals surface area contributed by atoms with Gasteiger partial charge in [0.05, 0.1) is 18.1 Å². The first kappa shape index (κ1) is 14.0. The van der Waals surface area contributed by atoms with Crippen LogP contribution in [0, 0.1) is 5.82 Å². The molecule has 2 aromatic rings. The van der Waals surface area contributed by atoms with E-state index in [2.05, 4.69) is 0 Å². The molecule has 1 saturated carbocycles. The van der Waals surface area contributed by atoms with Crippen molar-refractivity contribution in [2.24, 2.45) is 0 Å². The maximum absolute atomic E-state index is 13.0. The van der Waals surface area contributed by atoms with Crippen molar-refractivity contribution in [3.05, 3.63) is 71.5 Å². The van der Waals surface area contributed by atoms with Crippen LogP contribution in [0.3, 0.4) is 0 Å². The third-order valence-corrected chi connectivity index (χ3v) is 4.04. The Morgan fingerprint density at radius 2 is 1.76 bits per heavy atom. The molecule has 0 N–H and O–H groups in total. The maximum atomic E-state index is 13.0. The highest BCUT2D eigenvalue weighted by atomic mass is 19.1. The van der Waals surface area contributed by atoms with Crippen LogP contribution in [0.1, 0.15) is 29.9 Å². The Labute approximate surface area is 123 Å².